The van der Waals surface area contributed by atoms with Crippen LogP contribution in [0.4, 0.5) is 0 Å². The molecule has 0 N–H and O–H groups in total. The molecule has 1 unspecified atom stereocenters. The van der Waals surface area contributed by atoms with Crippen LogP contribution in [0.15, 0.2) is 17.5 Å². The Morgan fingerprint density at radius 2 is 2.29 bits per heavy atom. The standard InChI is InChI=1S/C13H17NO2S/c1-10(15)9-11-5-2-3-7-14(11)13(16)12-6-4-8-17-12/h4,6,8,11H,2-3,5,7,9H2,1H3. The molecule has 0 aliphatic carbocycles. The normalized spacial score (nSPS) is 20.3. The van der Waals surface area contributed by atoms with E-state index in [1.807, 2.05) is 22.4 Å². The molecule has 92 valence electrons. The first-order valence-electron chi connectivity index (χ1n) is 6.02. The average Bonchev–Trinajstić information content (AvgIpc) is 2.81. The van der Waals surface area contributed by atoms with Crippen molar-refractivity contribution in [2.24, 2.45) is 0 Å². The molecule has 2 rings (SSSR count). The van der Waals surface area contributed by atoms with Crippen molar-refractivity contribution in [1.82, 2.24) is 4.90 Å². The van der Waals surface area contributed by atoms with Gasteiger partial charge in [0.1, 0.15) is 5.78 Å². The van der Waals surface area contributed by atoms with Gasteiger partial charge in [0, 0.05) is 19.0 Å². The molecule has 4 heteroatoms. The smallest absolute Gasteiger partial charge is 0.264 e. The van der Waals surface area contributed by atoms with Gasteiger partial charge in [-0.25, -0.2) is 0 Å². The lowest BCUT2D eigenvalue weighted by Gasteiger charge is -2.35. The Morgan fingerprint density at radius 1 is 1.47 bits per heavy atom. The monoisotopic (exact) mass is 251 g/mol. The summed E-state index contributed by atoms with van der Waals surface area (Å²) >= 11 is 1.47. The number of ketones is 1. The zero-order valence-electron chi connectivity index (χ0n) is 10.0. The maximum Gasteiger partial charge on any atom is 0.264 e. The van der Waals surface area contributed by atoms with Crippen LogP contribution in [-0.4, -0.2) is 29.2 Å². The summed E-state index contributed by atoms with van der Waals surface area (Å²) in [4.78, 5) is 26.2. The Balaban J connectivity index is 2.10. The Bertz CT molecular complexity index is 400. The van der Waals surface area contributed by atoms with Gasteiger partial charge in [0.15, 0.2) is 0 Å². The van der Waals surface area contributed by atoms with E-state index in [1.165, 1.54) is 11.3 Å². The number of amides is 1. The van der Waals surface area contributed by atoms with Crippen LogP contribution in [0, 0.1) is 0 Å². The molecule has 1 atom stereocenters. The van der Waals surface area contributed by atoms with Crippen LogP contribution in [0.25, 0.3) is 0 Å². The second kappa shape index (κ2) is 5.45. The van der Waals surface area contributed by atoms with E-state index in [1.54, 1.807) is 6.92 Å². The third-order valence-corrected chi connectivity index (χ3v) is 4.00. The van der Waals surface area contributed by atoms with Gasteiger partial charge in [-0.1, -0.05) is 6.07 Å². The molecule has 3 nitrogen and oxygen atoms in total. The molecule has 1 aromatic heterocycles. The zero-order chi connectivity index (χ0) is 12.3. The van der Waals surface area contributed by atoms with Crippen molar-refractivity contribution < 1.29 is 9.59 Å². The Hall–Kier alpha value is -1.16. The van der Waals surface area contributed by atoms with E-state index in [0.29, 0.717) is 6.42 Å². The number of carbonyl (C=O) groups is 2. The lowest BCUT2D eigenvalue weighted by atomic mass is 9.97. The van der Waals surface area contributed by atoms with Crippen molar-refractivity contribution in [3.63, 3.8) is 0 Å². The predicted octanol–water partition coefficient (Wildman–Crippen LogP) is 2.72. The van der Waals surface area contributed by atoms with E-state index in [4.69, 9.17) is 0 Å². The number of hydrogen-bond donors (Lipinski definition) is 0. The number of likely N-dealkylation sites (tertiary alicyclic amines) is 1. The molecular formula is C13H17NO2S. The van der Waals surface area contributed by atoms with Crippen LogP contribution in [0.2, 0.25) is 0 Å². The first kappa shape index (κ1) is 12.3. The quantitative estimate of drug-likeness (QED) is 0.828. The number of piperidine rings is 1. The lowest BCUT2D eigenvalue weighted by molar-refractivity contribution is -0.118. The Morgan fingerprint density at radius 3 is 2.94 bits per heavy atom. The number of thiophene rings is 1. The molecule has 1 aliphatic heterocycles. The molecule has 1 aliphatic rings. The van der Waals surface area contributed by atoms with Gasteiger partial charge in [0.25, 0.3) is 5.91 Å². The van der Waals surface area contributed by atoms with Crippen molar-refractivity contribution >= 4 is 23.0 Å². The summed E-state index contributed by atoms with van der Waals surface area (Å²) in [5, 5.41) is 1.91. The molecule has 2 heterocycles. The highest BCUT2D eigenvalue weighted by Crippen LogP contribution is 2.23. The van der Waals surface area contributed by atoms with Crippen molar-refractivity contribution in [3.8, 4) is 0 Å². The van der Waals surface area contributed by atoms with Gasteiger partial charge < -0.3 is 4.90 Å². The van der Waals surface area contributed by atoms with Gasteiger partial charge in [-0.15, -0.1) is 11.3 Å². The summed E-state index contributed by atoms with van der Waals surface area (Å²) < 4.78 is 0. The maximum absolute atomic E-state index is 12.3. The predicted molar refractivity (Wildman–Crippen MR) is 68.3 cm³/mol. The summed E-state index contributed by atoms with van der Waals surface area (Å²) in [7, 11) is 0. The number of rotatable bonds is 3. The second-order valence-corrected chi connectivity index (χ2v) is 5.48. The minimum Gasteiger partial charge on any atom is -0.335 e. The molecular weight excluding hydrogens is 234 g/mol. The largest absolute Gasteiger partial charge is 0.335 e. The van der Waals surface area contributed by atoms with Gasteiger partial charge in [0.05, 0.1) is 4.88 Å². The Kier molecular flexibility index (Phi) is 3.94. The third-order valence-electron chi connectivity index (χ3n) is 3.14. The van der Waals surface area contributed by atoms with Crippen LogP contribution in [0.5, 0.6) is 0 Å². The highest BCUT2D eigenvalue weighted by atomic mass is 32.1. The number of nitrogens with zero attached hydrogens (tertiary/aromatic N) is 1. The second-order valence-electron chi connectivity index (χ2n) is 4.53. The maximum atomic E-state index is 12.3. The van der Waals surface area contributed by atoms with Crippen molar-refractivity contribution in [3.05, 3.63) is 22.4 Å². The van der Waals surface area contributed by atoms with Gasteiger partial charge in [-0.05, 0) is 37.6 Å². The molecule has 0 bridgehead atoms. The summed E-state index contributed by atoms with van der Waals surface area (Å²) in [6.45, 7) is 2.39. The van der Waals surface area contributed by atoms with E-state index in [2.05, 4.69) is 0 Å². The summed E-state index contributed by atoms with van der Waals surface area (Å²) in [5.74, 6) is 0.256. The van der Waals surface area contributed by atoms with Crippen LogP contribution < -0.4 is 0 Å². The number of Topliss-reactive ketones (excluding diaryl/α,β-unsaturated/α-hetero) is 1. The van der Waals surface area contributed by atoms with Gasteiger partial charge in [-0.2, -0.15) is 0 Å². The first-order valence-corrected chi connectivity index (χ1v) is 6.90. The molecule has 1 amide bonds. The molecule has 0 saturated carbocycles. The fourth-order valence-electron chi connectivity index (χ4n) is 2.35. The summed E-state index contributed by atoms with van der Waals surface area (Å²) in [6.07, 6.45) is 3.62. The minimum absolute atomic E-state index is 0.0888. The van der Waals surface area contributed by atoms with E-state index in [0.717, 1.165) is 30.7 Å². The molecule has 17 heavy (non-hydrogen) atoms. The third kappa shape index (κ3) is 2.94. The van der Waals surface area contributed by atoms with Gasteiger partial charge in [-0.3, -0.25) is 9.59 Å². The first-order chi connectivity index (χ1) is 8.18. The topological polar surface area (TPSA) is 37.4 Å². The van der Waals surface area contributed by atoms with E-state index < -0.39 is 0 Å². The molecule has 0 aromatic carbocycles. The van der Waals surface area contributed by atoms with Gasteiger partial charge >= 0.3 is 0 Å². The summed E-state index contributed by atoms with van der Waals surface area (Å²) in [5.41, 5.74) is 0. The molecule has 0 spiro atoms. The average molecular weight is 251 g/mol. The van der Waals surface area contributed by atoms with Crippen LogP contribution in [-0.2, 0) is 4.79 Å². The van der Waals surface area contributed by atoms with E-state index in [-0.39, 0.29) is 17.7 Å². The van der Waals surface area contributed by atoms with Crippen molar-refractivity contribution in [1.29, 1.82) is 0 Å². The van der Waals surface area contributed by atoms with Crippen LogP contribution in [0.3, 0.4) is 0 Å². The van der Waals surface area contributed by atoms with E-state index >= 15 is 0 Å². The number of hydrogen-bond acceptors (Lipinski definition) is 3. The fraction of sp³-hybridized carbons (Fsp3) is 0.538. The number of carbonyl (C=O) groups excluding carboxylic acids is 2. The zero-order valence-corrected chi connectivity index (χ0v) is 10.8. The SMILES string of the molecule is CC(=O)CC1CCCCN1C(=O)c1cccs1. The van der Waals surface area contributed by atoms with Gasteiger partial charge in [0.2, 0.25) is 0 Å². The minimum atomic E-state index is 0.0888. The molecule has 1 saturated heterocycles. The lowest BCUT2D eigenvalue weighted by Crippen LogP contribution is -2.44. The molecule has 0 radical (unpaired) electrons. The summed E-state index contributed by atoms with van der Waals surface area (Å²) in [6, 6.07) is 3.85. The highest BCUT2D eigenvalue weighted by Gasteiger charge is 2.28. The highest BCUT2D eigenvalue weighted by molar-refractivity contribution is 7.12. The van der Waals surface area contributed by atoms with E-state index in [9.17, 15) is 9.59 Å². The molecule has 1 fully saturated rings. The fourth-order valence-corrected chi connectivity index (χ4v) is 3.03. The van der Waals surface area contributed by atoms with Crippen LogP contribution in [0.1, 0.15) is 42.3 Å². The Labute approximate surface area is 105 Å². The van der Waals surface area contributed by atoms with Crippen molar-refractivity contribution in [2.75, 3.05) is 6.54 Å². The van der Waals surface area contributed by atoms with Crippen LogP contribution >= 0.6 is 11.3 Å². The molecule has 1 aromatic rings. The van der Waals surface area contributed by atoms with Crippen molar-refractivity contribution in [2.45, 2.75) is 38.6 Å².